The van der Waals surface area contributed by atoms with E-state index in [9.17, 15) is 32.7 Å². The van der Waals surface area contributed by atoms with Crippen LogP contribution < -0.4 is 16.0 Å². The Balaban J connectivity index is 1.62. The van der Waals surface area contributed by atoms with Crippen molar-refractivity contribution in [1.29, 1.82) is 0 Å². The Labute approximate surface area is 219 Å². The lowest BCUT2D eigenvalue weighted by Crippen LogP contribution is -2.44. The maximum Gasteiger partial charge on any atom is 0.389 e. The van der Waals surface area contributed by atoms with Gasteiger partial charge in [-0.25, -0.2) is 14.3 Å². The summed E-state index contributed by atoms with van der Waals surface area (Å²) in [6.07, 6.45) is 0.633. The summed E-state index contributed by atoms with van der Waals surface area (Å²) in [5.74, 6) is -0.656. The van der Waals surface area contributed by atoms with E-state index < -0.39 is 35.4 Å². The number of alkyl halides is 3. The van der Waals surface area contributed by atoms with Crippen molar-refractivity contribution >= 4 is 5.97 Å². The van der Waals surface area contributed by atoms with Crippen molar-refractivity contribution in [3.8, 4) is 5.75 Å². The quantitative estimate of drug-likeness (QED) is 0.357. The molecule has 0 unspecified atom stereocenters. The first-order valence-electron chi connectivity index (χ1n) is 13.2. The van der Waals surface area contributed by atoms with Gasteiger partial charge < -0.3 is 9.84 Å². The molecule has 210 valence electrons. The highest BCUT2D eigenvalue weighted by Crippen LogP contribution is 2.31. The summed E-state index contributed by atoms with van der Waals surface area (Å²) in [7, 11) is 0. The molecule has 3 rings (SSSR count). The molecule has 0 radical (unpaired) electrons. The summed E-state index contributed by atoms with van der Waals surface area (Å²) in [5, 5.41) is 13.6. The molecule has 0 spiro atoms. The minimum absolute atomic E-state index is 0.0659. The Morgan fingerprint density at radius 3 is 2.45 bits per heavy atom. The number of ether oxygens (including phenoxy) is 1. The molecule has 0 amide bonds. The predicted octanol–water partition coefficient (Wildman–Crippen LogP) is 5.06. The topological polar surface area (TPSA) is 103 Å². The van der Waals surface area contributed by atoms with Gasteiger partial charge in [-0.3, -0.25) is 9.36 Å². The van der Waals surface area contributed by atoms with Gasteiger partial charge in [0.25, 0.3) is 5.56 Å². The first-order valence-corrected chi connectivity index (χ1v) is 13.2. The van der Waals surface area contributed by atoms with E-state index in [2.05, 4.69) is 5.10 Å². The van der Waals surface area contributed by atoms with Crippen LogP contribution in [0.3, 0.4) is 0 Å². The van der Waals surface area contributed by atoms with Crippen LogP contribution in [-0.4, -0.2) is 37.2 Å². The predicted molar refractivity (Wildman–Crippen MR) is 136 cm³/mol. The number of hydrogen-bond acceptors (Lipinski definition) is 5. The summed E-state index contributed by atoms with van der Waals surface area (Å²) in [6, 6.07) is 7.25. The molecule has 1 aromatic carbocycles. The van der Waals surface area contributed by atoms with Crippen molar-refractivity contribution in [3.63, 3.8) is 0 Å². The van der Waals surface area contributed by atoms with Crippen molar-refractivity contribution in [2.24, 2.45) is 0 Å². The number of carbonyl (C=O) groups is 1. The number of carboxylic acids is 1. The molecule has 1 heterocycles. The van der Waals surface area contributed by atoms with E-state index in [1.807, 2.05) is 12.1 Å². The molecule has 1 N–H and O–H groups in total. The van der Waals surface area contributed by atoms with Crippen LogP contribution in [-0.2, 0) is 24.3 Å². The van der Waals surface area contributed by atoms with E-state index in [-0.39, 0.29) is 31.1 Å². The molecule has 38 heavy (non-hydrogen) atoms. The van der Waals surface area contributed by atoms with Crippen molar-refractivity contribution in [2.75, 3.05) is 0 Å². The van der Waals surface area contributed by atoms with Gasteiger partial charge >= 0.3 is 17.8 Å². The van der Waals surface area contributed by atoms with Gasteiger partial charge in [0.2, 0.25) is 0 Å². The third kappa shape index (κ3) is 8.19. The Kier molecular flexibility index (Phi) is 9.78. The van der Waals surface area contributed by atoms with Crippen LogP contribution in [0.4, 0.5) is 13.2 Å². The SMILES string of the molecule is CC(C)(Oc1cccc(CCCCCn2nc(C3CCCC3)c(=O)n(CCCC(F)(F)F)c2=O)c1)C(=O)O. The van der Waals surface area contributed by atoms with Crippen LogP contribution in [0.25, 0.3) is 0 Å². The summed E-state index contributed by atoms with van der Waals surface area (Å²) in [4.78, 5) is 37.2. The smallest absolute Gasteiger partial charge is 0.389 e. The second-order valence-electron chi connectivity index (χ2n) is 10.4. The highest BCUT2D eigenvalue weighted by Gasteiger charge is 2.30. The zero-order valence-electron chi connectivity index (χ0n) is 21.9. The van der Waals surface area contributed by atoms with Crippen LogP contribution in [0.2, 0.25) is 0 Å². The zero-order chi connectivity index (χ0) is 27.9. The standard InChI is InChI=1S/C27H36F3N3O5/c1-26(2,24(35)36)38-21-14-8-11-19(18-21)10-4-3-7-17-33-25(37)32(16-9-15-27(28,29)30)23(34)22(31-33)20-12-5-6-13-20/h8,11,14,18,20H,3-7,9-10,12-13,15-17H2,1-2H3,(H,35,36). The number of halogens is 3. The van der Waals surface area contributed by atoms with Gasteiger partial charge in [-0.2, -0.15) is 18.3 Å². The summed E-state index contributed by atoms with van der Waals surface area (Å²) >= 11 is 0. The monoisotopic (exact) mass is 539 g/mol. The molecule has 0 saturated heterocycles. The Bertz CT molecular complexity index is 1210. The second kappa shape index (κ2) is 12.6. The van der Waals surface area contributed by atoms with Crippen molar-refractivity contribution in [3.05, 3.63) is 56.4 Å². The number of hydrogen-bond donors (Lipinski definition) is 1. The zero-order valence-corrected chi connectivity index (χ0v) is 21.9. The third-order valence-electron chi connectivity index (χ3n) is 6.85. The summed E-state index contributed by atoms with van der Waals surface area (Å²) in [5.41, 5.74) is -1.30. The van der Waals surface area contributed by atoms with Crippen LogP contribution in [0.15, 0.2) is 33.9 Å². The highest BCUT2D eigenvalue weighted by atomic mass is 19.4. The Hall–Kier alpha value is -3.11. The number of aliphatic carboxylic acids is 1. The fourth-order valence-electron chi connectivity index (χ4n) is 4.69. The fraction of sp³-hybridized carbons (Fsp3) is 0.630. The molecule has 0 atom stereocenters. The number of unbranched alkanes of at least 4 members (excludes halogenated alkanes) is 2. The number of benzene rings is 1. The Morgan fingerprint density at radius 1 is 1.08 bits per heavy atom. The maximum atomic E-state index is 12.9. The lowest BCUT2D eigenvalue weighted by atomic mass is 10.0. The van der Waals surface area contributed by atoms with Gasteiger partial charge in [-0.15, -0.1) is 0 Å². The first kappa shape index (κ1) is 29.4. The van der Waals surface area contributed by atoms with E-state index in [0.717, 1.165) is 55.1 Å². The van der Waals surface area contributed by atoms with Crippen LogP contribution >= 0.6 is 0 Å². The van der Waals surface area contributed by atoms with Crippen molar-refractivity contribution in [1.82, 2.24) is 14.3 Å². The molecule has 0 aliphatic heterocycles. The largest absolute Gasteiger partial charge is 0.478 e. The minimum Gasteiger partial charge on any atom is -0.478 e. The normalized spacial score (nSPS) is 14.7. The van der Waals surface area contributed by atoms with Gasteiger partial charge in [0.15, 0.2) is 5.60 Å². The minimum atomic E-state index is -4.35. The van der Waals surface area contributed by atoms with E-state index in [1.54, 1.807) is 12.1 Å². The molecule has 1 aliphatic carbocycles. The lowest BCUT2D eigenvalue weighted by Gasteiger charge is -2.21. The summed E-state index contributed by atoms with van der Waals surface area (Å²) < 4.78 is 45.7. The fourth-order valence-corrected chi connectivity index (χ4v) is 4.69. The van der Waals surface area contributed by atoms with Crippen LogP contribution in [0.1, 0.15) is 88.8 Å². The van der Waals surface area contributed by atoms with Gasteiger partial charge in [0.1, 0.15) is 11.4 Å². The average molecular weight is 540 g/mol. The number of nitrogens with zero attached hydrogens (tertiary/aromatic N) is 3. The molecule has 2 aromatic rings. The van der Waals surface area contributed by atoms with Gasteiger partial charge in [-0.05, 0) is 70.1 Å². The van der Waals surface area contributed by atoms with Crippen LogP contribution in [0.5, 0.6) is 5.75 Å². The second-order valence-corrected chi connectivity index (χ2v) is 10.4. The molecule has 1 fully saturated rings. The van der Waals surface area contributed by atoms with Crippen molar-refractivity contribution < 1.29 is 27.8 Å². The van der Waals surface area contributed by atoms with Gasteiger partial charge in [0.05, 0.1) is 0 Å². The highest BCUT2D eigenvalue weighted by molar-refractivity contribution is 5.76. The van der Waals surface area contributed by atoms with Gasteiger partial charge in [-0.1, -0.05) is 31.4 Å². The molecular formula is C27H36F3N3O5. The lowest BCUT2D eigenvalue weighted by molar-refractivity contribution is -0.152. The van der Waals surface area contributed by atoms with Gasteiger partial charge in [0, 0.05) is 25.4 Å². The first-order chi connectivity index (χ1) is 17.9. The van der Waals surface area contributed by atoms with E-state index in [1.165, 1.54) is 18.5 Å². The summed E-state index contributed by atoms with van der Waals surface area (Å²) in [6.45, 7) is 2.95. The molecule has 8 nitrogen and oxygen atoms in total. The number of aryl methyl sites for hydroxylation is 2. The molecule has 1 saturated carbocycles. The third-order valence-corrected chi connectivity index (χ3v) is 6.85. The molecular weight excluding hydrogens is 503 g/mol. The van der Waals surface area contributed by atoms with E-state index >= 15 is 0 Å². The average Bonchev–Trinajstić information content (AvgIpc) is 3.36. The molecule has 1 aliphatic rings. The Morgan fingerprint density at radius 2 is 1.79 bits per heavy atom. The number of aromatic nitrogens is 3. The molecule has 1 aromatic heterocycles. The molecule has 11 heteroatoms. The van der Waals surface area contributed by atoms with E-state index in [4.69, 9.17) is 4.74 Å². The van der Waals surface area contributed by atoms with E-state index in [0.29, 0.717) is 12.2 Å². The number of rotatable bonds is 13. The number of carboxylic acid groups (broad SMARTS) is 1. The van der Waals surface area contributed by atoms with Crippen LogP contribution in [0, 0.1) is 0 Å². The maximum absolute atomic E-state index is 12.9. The van der Waals surface area contributed by atoms with Crippen molar-refractivity contribution in [2.45, 2.75) is 109 Å². The molecule has 0 bridgehead atoms.